The number of nitrogens with zero attached hydrogens (tertiary/aromatic N) is 7. The monoisotopic (exact) mass is 893 g/mol. The molecule has 70 heavy (non-hydrogen) atoms. The number of hydrogen-bond donors (Lipinski definition) is 0. The second kappa shape index (κ2) is 15.0. The third kappa shape index (κ3) is 5.54. The molecule has 0 radical (unpaired) electrons. The smallest absolute Gasteiger partial charge is 0.240 e. The van der Waals surface area contributed by atoms with Gasteiger partial charge in [0.1, 0.15) is 0 Å². The fourth-order valence-electron chi connectivity index (χ4n) is 11.3. The predicted molar refractivity (Wildman–Crippen MR) is 288 cm³/mol. The molecule has 0 unspecified atom stereocenters. The van der Waals surface area contributed by atoms with E-state index in [-0.39, 0.29) is 0 Å². The van der Waals surface area contributed by atoms with Crippen LogP contribution in [0.15, 0.2) is 237 Å². The Labute approximate surface area is 401 Å². The summed E-state index contributed by atoms with van der Waals surface area (Å²) in [7, 11) is 0. The second-order valence-electron chi connectivity index (χ2n) is 18.0. The zero-order valence-corrected chi connectivity index (χ0v) is 37.6. The van der Waals surface area contributed by atoms with E-state index >= 15 is 0 Å². The molecule has 0 spiro atoms. The van der Waals surface area contributed by atoms with Gasteiger partial charge in [-0.1, -0.05) is 176 Å². The lowest BCUT2D eigenvalue weighted by Gasteiger charge is -2.14. The van der Waals surface area contributed by atoms with Gasteiger partial charge in [-0.25, -0.2) is 0 Å². The number of benzene rings is 10. The molecule has 0 amide bonds. The van der Waals surface area contributed by atoms with Crippen LogP contribution in [0.4, 0.5) is 0 Å². The van der Waals surface area contributed by atoms with Crippen molar-refractivity contribution >= 4 is 87.2 Å². The molecule has 10 aromatic carbocycles. The van der Waals surface area contributed by atoms with Crippen LogP contribution in [0.2, 0.25) is 0 Å². The van der Waals surface area contributed by atoms with Crippen LogP contribution in [0.25, 0.3) is 133 Å². The van der Waals surface area contributed by atoms with E-state index in [0.29, 0.717) is 17.7 Å². The molecule has 0 saturated carbocycles. The number of aromatic nitrogens is 7. The molecule has 0 bridgehead atoms. The van der Waals surface area contributed by atoms with Crippen LogP contribution >= 0.6 is 0 Å². The highest BCUT2D eigenvalue weighted by Crippen LogP contribution is 2.44. The van der Waals surface area contributed by atoms with Crippen molar-refractivity contribution in [2.24, 2.45) is 0 Å². The molecular formula is C63H39N7. The molecule has 15 rings (SSSR count). The maximum absolute atomic E-state index is 5.70. The lowest BCUT2D eigenvalue weighted by atomic mass is 10.0. The molecule has 0 atom stereocenters. The topological polar surface area (TPSA) is 58.4 Å². The summed E-state index contributed by atoms with van der Waals surface area (Å²) in [6, 6.07) is 84.2. The Hall–Kier alpha value is -9.59. The third-order valence-corrected chi connectivity index (χ3v) is 14.2. The van der Waals surface area contributed by atoms with Crippen LogP contribution in [0.1, 0.15) is 0 Å². The van der Waals surface area contributed by atoms with Crippen molar-refractivity contribution in [1.29, 1.82) is 0 Å². The van der Waals surface area contributed by atoms with Gasteiger partial charge in [0.25, 0.3) is 0 Å². The first-order valence-corrected chi connectivity index (χ1v) is 23.7. The van der Waals surface area contributed by atoms with Crippen molar-refractivity contribution in [3.63, 3.8) is 0 Å². The van der Waals surface area contributed by atoms with Gasteiger partial charge < -0.3 is 9.13 Å². The van der Waals surface area contributed by atoms with Crippen LogP contribution in [0.3, 0.4) is 0 Å². The maximum atomic E-state index is 5.70. The van der Waals surface area contributed by atoms with Gasteiger partial charge in [0, 0.05) is 60.0 Å². The first-order valence-electron chi connectivity index (χ1n) is 23.7. The Balaban J connectivity index is 1.09. The molecule has 0 saturated heterocycles. The minimum absolute atomic E-state index is 0.534. The molecule has 0 fully saturated rings. The summed E-state index contributed by atoms with van der Waals surface area (Å²) in [6.07, 6.45) is 0. The quantitative estimate of drug-likeness (QED) is 0.167. The van der Waals surface area contributed by atoms with E-state index in [2.05, 4.69) is 255 Å². The van der Waals surface area contributed by atoms with Gasteiger partial charge in [-0.2, -0.15) is 15.0 Å². The highest BCUT2D eigenvalue weighted by molar-refractivity contribution is 6.27. The molecule has 0 aliphatic heterocycles. The summed E-state index contributed by atoms with van der Waals surface area (Å²) in [5, 5.41) is 9.08. The van der Waals surface area contributed by atoms with Gasteiger partial charge in [-0.3, -0.25) is 9.13 Å². The molecule has 326 valence electrons. The molecule has 7 heteroatoms. The van der Waals surface area contributed by atoms with Crippen molar-refractivity contribution < 1.29 is 0 Å². The lowest BCUT2D eigenvalue weighted by molar-refractivity contribution is 0.894. The van der Waals surface area contributed by atoms with Crippen LogP contribution in [0.5, 0.6) is 0 Å². The average Bonchev–Trinajstić information content (AvgIpc) is 4.17. The molecular weight excluding hydrogens is 855 g/mol. The van der Waals surface area contributed by atoms with E-state index in [0.717, 1.165) is 115 Å². The zero-order valence-electron chi connectivity index (χ0n) is 37.6. The summed E-state index contributed by atoms with van der Waals surface area (Å²) < 4.78 is 9.32. The molecule has 5 heterocycles. The van der Waals surface area contributed by atoms with E-state index in [1.807, 2.05) is 0 Å². The van der Waals surface area contributed by atoms with Crippen LogP contribution < -0.4 is 0 Å². The largest absolute Gasteiger partial charge is 0.309 e. The predicted octanol–water partition coefficient (Wildman–Crippen LogP) is 15.6. The fraction of sp³-hybridized carbons (Fsp3) is 0. The van der Waals surface area contributed by atoms with Crippen molar-refractivity contribution in [1.82, 2.24) is 33.2 Å². The average molecular weight is 894 g/mol. The van der Waals surface area contributed by atoms with E-state index < -0.39 is 0 Å². The number of hydrogen-bond acceptors (Lipinski definition) is 3. The fourth-order valence-corrected chi connectivity index (χ4v) is 11.3. The normalized spacial score (nSPS) is 12.0. The van der Waals surface area contributed by atoms with E-state index in [4.69, 9.17) is 15.0 Å². The zero-order chi connectivity index (χ0) is 45.9. The van der Waals surface area contributed by atoms with Gasteiger partial charge in [0.2, 0.25) is 11.9 Å². The van der Waals surface area contributed by atoms with E-state index in [1.54, 1.807) is 0 Å². The van der Waals surface area contributed by atoms with Crippen molar-refractivity contribution in [3.8, 4) is 45.8 Å². The Morgan fingerprint density at radius 1 is 0.229 bits per heavy atom. The van der Waals surface area contributed by atoms with Crippen molar-refractivity contribution in [2.45, 2.75) is 0 Å². The van der Waals surface area contributed by atoms with Crippen LogP contribution in [0, 0.1) is 0 Å². The molecule has 7 nitrogen and oxygen atoms in total. The SMILES string of the molecule is c1ccc(-c2ccc(-c3nc(-n4c5ccccc5c5ccc6c(c7ccccc7n6-c6ccccc6)c54)nc(-n4c5ccccc5c5ccc6c(c7ccccc7n6-c6ccccc6)c54)n3)cc2)cc1. The van der Waals surface area contributed by atoms with Gasteiger partial charge in [0.05, 0.1) is 44.1 Å². The summed E-state index contributed by atoms with van der Waals surface area (Å²) in [5.41, 5.74) is 14.0. The molecule has 0 aliphatic rings. The Kier molecular flexibility index (Phi) is 8.23. The van der Waals surface area contributed by atoms with Crippen molar-refractivity contribution in [3.05, 3.63) is 237 Å². The number of rotatable bonds is 6. The molecule has 0 aliphatic carbocycles. The highest BCUT2D eigenvalue weighted by Gasteiger charge is 2.26. The Morgan fingerprint density at radius 3 is 1.04 bits per heavy atom. The standard InChI is InChI=1S/C63H39N7/c1-4-18-40(19-5-1)41-32-34-42(35-33-41)61-64-62(69-51-28-14-10-24-45(51)47-36-38-55-57(59(47)69)49-26-12-16-30-53(49)67(55)43-20-6-2-7-21-43)66-63(65-61)70-52-29-15-11-25-46(52)48-37-39-56-58(60(48)70)50-27-13-17-31-54(50)68(56)44-22-8-3-9-23-44/h1-39H. The maximum Gasteiger partial charge on any atom is 0.240 e. The first kappa shape index (κ1) is 38.5. The van der Waals surface area contributed by atoms with Gasteiger partial charge in [-0.05, 0) is 71.8 Å². The van der Waals surface area contributed by atoms with Crippen LogP contribution in [-0.2, 0) is 0 Å². The minimum Gasteiger partial charge on any atom is -0.309 e. The van der Waals surface area contributed by atoms with Gasteiger partial charge in [0.15, 0.2) is 5.82 Å². The summed E-state index contributed by atoms with van der Waals surface area (Å²) in [6.45, 7) is 0. The van der Waals surface area contributed by atoms with Gasteiger partial charge >= 0.3 is 0 Å². The lowest BCUT2D eigenvalue weighted by Crippen LogP contribution is -2.10. The summed E-state index contributed by atoms with van der Waals surface area (Å²) >= 11 is 0. The van der Waals surface area contributed by atoms with E-state index in [9.17, 15) is 0 Å². The van der Waals surface area contributed by atoms with Crippen LogP contribution in [-0.4, -0.2) is 33.2 Å². The van der Waals surface area contributed by atoms with Gasteiger partial charge in [-0.15, -0.1) is 0 Å². The number of para-hydroxylation sites is 6. The Bertz CT molecular complexity index is 4310. The minimum atomic E-state index is 0.534. The first-order chi connectivity index (χ1) is 34.8. The molecule has 5 aromatic heterocycles. The van der Waals surface area contributed by atoms with E-state index in [1.165, 1.54) is 0 Å². The molecule has 15 aromatic rings. The highest BCUT2D eigenvalue weighted by atomic mass is 15.3. The Morgan fingerprint density at radius 2 is 0.586 bits per heavy atom. The van der Waals surface area contributed by atoms with Crippen molar-refractivity contribution in [2.75, 3.05) is 0 Å². The number of fused-ring (bicyclic) bond motifs is 14. The second-order valence-corrected chi connectivity index (χ2v) is 18.0. The summed E-state index contributed by atoms with van der Waals surface area (Å²) in [5.74, 6) is 1.65. The summed E-state index contributed by atoms with van der Waals surface area (Å²) in [4.78, 5) is 16.8. The third-order valence-electron chi connectivity index (χ3n) is 14.2. The molecule has 0 N–H and O–H groups in total.